The highest BCUT2D eigenvalue weighted by atomic mass is 19.4. The molecule has 3 aromatic carbocycles. The first-order valence-electron chi connectivity index (χ1n) is 12.7. The van der Waals surface area contributed by atoms with Gasteiger partial charge in [-0.3, -0.25) is 14.4 Å². The lowest BCUT2D eigenvalue weighted by Crippen LogP contribution is -2.36. The molecule has 0 saturated heterocycles. The minimum absolute atomic E-state index is 0.0352. The molecule has 0 bridgehead atoms. The maximum absolute atomic E-state index is 12.9. The van der Waals surface area contributed by atoms with Gasteiger partial charge in [-0.1, -0.05) is 24.3 Å². The van der Waals surface area contributed by atoms with Crippen molar-refractivity contribution in [3.63, 3.8) is 0 Å². The molecule has 2 N–H and O–H groups in total. The van der Waals surface area contributed by atoms with Gasteiger partial charge in [0.15, 0.2) is 0 Å². The number of nitrogens with one attached hydrogen (secondary N) is 2. The summed E-state index contributed by atoms with van der Waals surface area (Å²) in [5.41, 5.74) is 1.42. The standard InChI is InChI=1S/C30H29F3N2O7/c1-20(36)40-18-16-34-29(38)27(19-22-5-11-26(12-6-22)42-30(31,32)33)35-28(37)23-7-13-25(14-8-23)41-17-15-21-3-9-24(39-2)10-4-21/h3-14,19H,15-18H2,1-2H3,(H,34,38)(H,35,37). The molecule has 0 fully saturated rings. The molecule has 42 heavy (non-hydrogen) atoms. The van der Waals surface area contributed by atoms with Crippen LogP contribution in [0.2, 0.25) is 0 Å². The van der Waals surface area contributed by atoms with Gasteiger partial charge in [0, 0.05) is 18.9 Å². The topological polar surface area (TPSA) is 112 Å². The second-order valence-electron chi connectivity index (χ2n) is 8.70. The number of alkyl halides is 3. The fourth-order valence-electron chi connectivity index (χ4n) is 3.52. The van der Waals surface area contributed by atoms with Crippen molar-refractivity contribution in [2.75, 3.05) is 26.9 Å². The van der Waals surface area contributed by atoms with E-state index in [1.165, 1.54) is 37.3 Å². The Hall–Kier alpha value is -5.00. The van der Waals surface area contributed by atoms with Crippen molar-refractivity contribution in [3.05, 3.63) is 95.2 Å². The molecular formula is C30H29F3N2O7. The quantitative estimate of drug-likeness (QED) is 0.170. The van der Waals surface area contributed by atoms with E-state index in [0.29, 0.717) is 24.3 Å². The Morgan fingerprint density at radius 3 is 2.05 bits per heavy atom. The molecule has 0 aliphatic heterocycles. The van der Waals surface area contributed by atoms with E-state index in [2.05, 4.69) is 15.4 Å². The molecule has 3 aromatic rings. The van der Waals surface area contributed by atoms with E-state index < -0.39 is 29.9 Å². The summed E-state index contributed by atoms with van der Waals surface area (Å²) in [6.45, 7) is 1.50. The Balaban J connectivity index is 1.65. The molecular weight excluding hydrogens is 557 g/mol. The van der Waals surface area contributed by atoms with Crippen molar-refractivity contribution in [1.82, 2.24) is 10.6 Å². The molecule has 0 aromatic heterocycles. The highest BCUT2D eigenvalue weighted by Crippen LogP contribution is 2.23. The first kappa shape index (κ1) is 31.5. The van der Waals surface area contributed by atoms with Crippen molar-refractivity contribution < 1.29 is 46.5 Å². The van der Waals surface area contributed by atoms with Gasteiger partial charge in [-0.25, -0.2) is 0 Å². The molecule has 12 heteroatoms. The Kier molecular flexibility index (Phi) is 11.4. The lowest BCUT2D eigenvalue weighted by atomic mass is 10.1. The van der Waals surface area contributed by atoms with E-state index in [4.69, 9.17) is 14.2 Å². The summed E-state index contributed by atoms with van der Waals surface area (Å²) in [6.07, 6.45) is -2.90. The average Bonchev–Trinajstić information content (AvgIpc) is 2.95. The summed E-state index contributed by atoms with van der Waals surface area (Å²) in [5, 5.41) is 5.03. The number of hydrogen-bond donors (Lipinski definition) is 2. The third-order valence-corrected chi connectivity index (χ3v) is 5.55. The summed E-state index contributed by atoms with van der Waals surface area (Å²) < 4.78 is 56.9. The van der Waals surface area contributed by atoms with Crippen LogP contribution in [0.5, 0.6) is 17.2 Å². The maximum atomic E-state index is 12.9. The number of carbonyl (C=O) groups excluding carboxylic acids is 3. The predicted molar refractivity (Wildman–Crippen MR) is 147 cm³/mol. The lowest BCUT2D eigenvalue weighted by molar-refractivity contribution is -0.274. The Bertz CT molecular complexity index is 1370. The largest absolute Gasteiger partial charge is 0.573 e. The van der Waals surface area contributed by atoms with Crippen LogP contribution < -0.4 is 24.8 Å². The van der Waals surface area contributed by atoms with Gasteiger partial charge in [0.1, 0.15) is 29.6 Å². The highest BCUT2D eigenvalue weighted by molar-refractivity contribution is 6.05. The average molecular weight is 587 g/mol. The van der Waals surface area contributed by atoms with Gasteiger partial charge < -0.3 is 29.6 Å². The minimum atomic E-state index is -4.85. The van der Waals surface area contributed by atoms with E-state index >= 15 is 0 Å². The van der Waals surface area contributed by atoms with E-state index in [1.54, 1.807) is 19.2 Å². The summed E-state index contributed by atoms with van der Waals surface area (Å²) in [7, 11) is 1.60. The van der Waals surface area contributed by atoms with Gasteiger partial charge in [0.2, 0.25) is 0 Å². The monoisotopic (exact) mass is 586 g/mol. The van der Waals surface area contributed by atoms with Crippen molar-refractivity contribution in [1.29, 1.82) is 0 Å². The molecule has 3 rings (SSSR count). The van der Waals surface area contributed by atoms with Crippen LogP contribution in [-0.2, 0) is 20.7 Å². The molecule has 0 aliphatic carbocycles. The lowest BCUT2D eigenvalue weighted by Gasteiger charge is -2.12. The molecule has 0 spiro atoms. The molecule has 0 aliphatic rings. The summed E-state index contributed by atoms with van der Waals surface area (Å²) in [4.78, 5) is 36.7. The summed E-state index contributed by atoms with van der Waals surface area (Å²) in [5.74, 6) is -0.979. The SMILES string of the molecule is COc1ccc(CCOc2ccc(C(=O)NC(=Cc3ccc(OC(F)(F)F)cc3)C(=O)NCCOC(C)=O)cc2)cc1. The number of ether oxygens (including phenoxy) is 4. The number of methoxy groups -OCH3 is 1. The van der Waals surface area contributed by atoms with Crippen molar-refractivity contribution in [3.8, 4) is 17.2 Å². The van der Waals surface area contributed by atoms with Crippen LogP contribution in [0.3, 0.4) is 0 Å². The van der Waals surface area contributed by atoms with Gasteiger partial charge in [0.25, 0.3) is 11.8 Å². The number of halogens is 3. The Morgan fingerprint density at radius 2 is 1.45 bits per heavy atom. The molecule has 0 saturated carbocycles. The Labute approximate surface area is 240 Å². The second-order valence-corrected chi connectivity index (χ2v) is 8.70. The fraction of sp³-hybridized carbons (Fsp3) is 0.233. The number of esters is 1. The van der Waals surface area contributed by atoms with Gasteiger partial charge >= 0.3 is 12.3 Å². The fourth-order valence-corrected chi connectivity index (χ4v) is 3.52. The first-order chi connectivity index (χ1) is 20.0. The molecule has 2 amide bonds. The van der Waals surface area contributed by atoms with Crippen LogP contribution in [0.25, 0.3) is 6.08 Å². The van der Waals surface area contributed by atoms with Gasteiger partial charge in [0.05, 0.1) is 20.3 Å². The molecule has 0 heterocycles. The number of rotatable bonds is 13. The van der Waals surface area contributed by atoms with Crippen LogP contribution >= 0.6 is 0 Å². The highest BCUT2D eigenvalue weighted by Gasteiger charge is 2.31. The molecule has 9 nitrogen and oxygen atoms in total. The first-order valence-corrected chi connectivity index (χ1v) is 12.7. The van der Waals surface area contributed by atoms with Crippen LogP contribution in [0.4, 0.5) is 13.2 Å². The molecule has 0 atom stereocenters. The molecule has 222 valence electrons. The van der Waals surface area contributed by atoms with Crippen molar-refractivity contribution in [2.24, 2.45) is 0 Å². The van der Waals surface area contributed by atoms with Gasteiger partial charge in [-0.2, -0.15) is 0 Å². The smallest absolute Gasteiger partial charge is 0.497 e. The zero-order chi connectivity index (χ0) is 30.5. The van der Waals surface area contributed by atoms with Gasteiger partial charge in [-0.05, 0) is 65.7 Å². The third kappa shape index (κ3) is 10.9. The molecule has 0 unspecified atom stereocenters. The zero-order valence-electron chi connectivity index (χ0n) is 22.8. The maximum Gasteiger partial charge on any atom is 0.573 e. The third-order valence-electron chi connectivity index (χ3n) is 5.55. The number of hydrogen-bond acceptors (Lipinski definition) is 7. The van der Waals surface area contributed by atoms with Crippen LogP contribution in [0, 0.1) is 0 Å². The number of amides is 2. The van der Waals surface area contributed by atoms with Crippen LogP contribution in [-0.4, -0.2) is 51.0 Å². The second kappa shape index (κ2) is 15.1. The number of carbonyl (C=O) groups is 3. The van der Waals surface area contributed by atoms with Gasteiger partial charge in [-0.15, -0.1) is 13.2 Å². The molecule has 0 radical (unpaired) electrons. The van der Waals surface area contributed by atoms with E-state index in [-0.39, 0.29) is 24.4 Å². The van der Waals surface area contributed by atoms with E-state index in [1.807, 2.05) is 24.3 Å². The summed E-state index contributed by atoms with van der Waals surface area (Å²) >= 11 is 0. The minimum Gasteiger partial charge on any atom is -0.497 e. The predicted octanol–water partition coefficient (Wildman–Crippen LogP) is 4.67. The normalized spacial score (nSPS) is 11.3. The number of benzene rings is 3. The van der Waals surface area contributed by atoms with E-state index in [9.17, 15) is 27.6 Å². The van der Waals surface area contributed by atoms with Crippen molar-refractivity contribution >= 4 is 23.9 Å². The van der Waals surface area contributed by atoms with Crippen LogP contribution in [0.15, 0.2) is 78.5 Å². The summed E-state index contributed by atoms with van der Waals surface area (Å²) in [6, 6.07) is 18.6. The van der Waals surface area contributed by atoms with Crippen LogP contribution in [0.1, 0.15) is 28.4 Å². The van der Waals surface area contributed by atoms with Crippen molar-refractivity contribution in [2.45, 2.75) is 19.7 Å². The zero-order valence-corrected chi connectivity index (χ0v) is 22.8. The Morgan fingerprint density at radius 1 is 0.833 bits per heavy atom. The van der Waals surface area contributed by atoms with E-state index in [0.717, 1.165) is 23.4 Å².